The lowest BCUT2D eigenvalue weighted by molar-refractivity contribution is 0.0773. The van der Waals surface area contributed by atoms with Crippen LogP contribution in [0.15, 0.2) is 40.9 Å². The number of anilines is 1. The molecule has 0 heterocycles. The lowest BCUT2D eigenvalue weighted by Crippen LogP contribution is -2.30. The van der Waals surface area contributed by atoms with Crippen molar-refractivity contribution in [2.75, 3.05) is 32.1 Å². The van der Waals surface area contributed by atoms with Crippen LogP contribution in [0.3, 0.4) is 0 Å². The third-order valence-corrected chi connectivity index (χ3v) is 4.81. The molecule has 0 saturated heterocycles. The van der Waals surface area contributed by atoms with Gasteiger partial charge in [-0.25, -0.2) is 0 Å². The molecule has 2 rings (SSSR count). The third kappa shape index (κ3) is 5.04. The predicted molar refractivity (Wildman–Crippen MR) is 114 cm³/mol. The minimum absolute atomic E-state index is 0.0249. The average molecular weight is 449 g/mol. The van der Waals surface area contributed by atoms with Gasteiger partial charge < -0.3 is 19.7 Å². The first-order valence-corrected chi connectivity index (χ1v) is 9.95. The molecule has 0 unspecified atom stereocenters. The number of amides is 2. The Bertz CT molecular complexity index is 833. The highest BCUT2D eigenvalue weighted by Crippen LogP contribution is 2.36. The average Bonchev–Trinajstić information content (AvgIpc) is 2.70. The Labute approximate surface area is 174 Å². The Hall–Kier alpha value is -2.54. The van der Waals surface area contributed by atoms with Gasteiger partial charge in [0.15, 0.2) is 11.5 Å². The first-order valence-electron chi connectivity index (χ1n) is 9.16. The Balaban J connectivity index is 2.17. The minimum Gasteiger partial charge on any atom is -0.493 e. The van der Waals surface area contributed by atoms with Gasteiger partial charge in [0.05, 0.1) is 18.2 Å². The second-order valence-corrected chi connectivity index (χ2v) is 6.79. The van der Waals surface area contributed by atoms with Crippen molar-refractivity contribution in [2.24, 2.45) is 0 Å². The maximum Gasteiger partial charge on any atom is 0.255 e. The van der Waals surface area contributed by atoms with Gasteiger partial charge in [0.25, 0.3) is 11.8 Å². The summed E-state index contributed by atoms with van der Waals surface area (Å²) in [5, 5.41) is 2.83. The van der Waals surface area contributed by atoms with E-state index in [1.54, 1.807) is 41.3 Å². The van der Waals surface area contributed by atoms with Crippen LogP contribution in [0.2, 0.25) is 0 Å². The number of nitrogens with zero attached hydrogens (tertiary/aromatic N) is 1. The third-order valence-electron chi connectivity index (χ3n) is 4.22. The van der Waals surface area contributed by atoms with E-state index in [1.807, 2.05) is 20.8 Å². The maximum absolute atomic E-state index is 12.6. The summed E-state index contributed by atoms with van der Waals surface area (Å²) in [6, 6.07) is 10.2. The van der Waals surface area contributed by atoms with Crippen molar-refractivity contribution < 1.29 is 19.1 Å². The van der Waals surface area contributed by atoms with E-state index in [0.29, 0.717) is 52.5 Å². The topological polar surface area (TPSA) is 67.9 Å². The highest BCUT2D eigenvalue weighted by Gasteiger charge is 2.16. The quantitative estimate of drug-likeness (QED) is 0.640. The van der Waals surface area contributed by atoms with Gasteiger partial charge in [0.2, 0.25) is 0 Å². The Morgan fingerprint density at radius 2 is 1.68 bits per heavy atom. The molecule has 0 bridgehead atoms. The summed E-state index contributed by atoms with van der Waals surface area (Å²) in [6.45, 7) is 7.56. The van der Waals surface area contributed by atoms with Gasteiger partial charge in [-0.2, -0.15) is 0 Å². The number of carbonyl (C=O) groups is 2. The first kappa shape index (κ1) is 21.8. The van der Waals surface area contributed by atoms with E-state index in [0.717, 1.165) is 0 Å². The van der Waals surface area contributed by atoms with Crippen molar-refractivity contribution >= 4 is 33.4 Å². The van der Waals surface area contributed by atoms with Crippen LogP contribution in [0.25, 0.3) is 0 Å². The zero-order valence-corrected chi connectivity index (χ0v) is 18.1. The summed E-state index contributed by atoms with van der Waals surface area (Å²) in [4.78, 5) is 26.7. The fourth-order valence-corrected chi connectivity index (χ4v) is 3.28. The number of halogens is 1. The minimum atomic E-state index is -0.287. The van der Waals surface area contributed by atoms with Crippen molar-refractivity contribution in [3.05, 3.63) is 52.0 Å². The molecule has 0 aromatic heterocycles. The lowest BCUT2D eigenvalue weighted by atomic mass is 10.1. The van der Waals surface area contributed by atoms with Gasteiger partial charge in [-0.15, -0.1) is 0 Å². The summed E-state index contributed by atoms with van der Waals surface area (Å²) in [7, 11) is 1.53. The number of nitrogens with one attached hydrogen (secondary N) is 1. The van der Waals surface area contributed by atoms with Crippen molar-refractivity contribution in [3.8, 4) is 11.5 Å². The van der Waals surface area contributed by atoms with Crippen molar-refractivity contribution in [1.29, 1.82) is 0 Å². The summed E-state index contributed by atoms with van der Waals surface area (Å²) < 4.78 is 11.5. The van der Waals surface area contributed by atoms with Crippen LogP contribution in [0.4, 0.5) is 5.69 Å². The highest BCUT2D eigenvalue weighted by molar-refractivity contribution is 9.10. The molecular weight excluding hydrogens is 424 g/mol. The molecule has 0 fully saturated rings. The fourth-order valence-electron chi connectivity index (χ4n) is 2.73. The van der Waals surface area contributed by atoms with E-state index in [-0.39, 0.29) is 11.8 Å². The van der Waals surface area contributed by atoms with Gasteiger partial charge in [-0.3, -0.25) is 9.59 Å². The van der Waals surface area contributed by atoms with E-state index in [4.69, 9.17) is 9.47 Å². The fraction of sp³-hybridized carbons (Fsp3) is 0.333. The highest BCUT2D eigenvalue weighted by atomic mass is 79.9. The lowest BCUT2D eigenvalue weighted by Gasteiger charge is -2.18. The number of rotatable bonds is 8. The summed E-state index contributed by atoms with van der Waals surface area (Å²) in [5.41, 5.74) is 1.62. The number of methoxy groups -OCH3 is 1. The molecule has 150 valence electrons. The molecule has 0 saturated carbocycles. The van der Waals surface area contributed by atoms with Crippen molar-refractivity contribution in [3.63, 3.8) is 0 Å². The number of ether oxygens (including phenoxy) is 2. The predicted octanol–water partition coefficient (Wildman–Crippen LogP) is 4.59. The summed E-state index contributed by atoms with van der Waals surface area (Å²) >= 11 is 3.42. The van der Waals surface area contributed by atoms with Crippen LogP contribution in [0.1, 0.15) is 41.5 Å². The van der Waals surface area contributed by atoms with Crippen LogP contribution >= 0.6 is 15.9 Å². The molecular formula is C21H25BrN2O4. The van der Waals surface area contributed by atoms with Crippen LogP contribution in [-0.2, 0) is 0 Å². The number of hydrogen-bond acceptors (Lipinski definition) is 4. The summed E-state index contributed by atoms with van der Waals surface area (Å²) in [6.07, 6.45) is 0. The van der Waals surface area contributed by atoms with E-state index in [2.05, 4.69) is 21.2 Å². The number of carbonyl (C=O) groups excluding carboxylic acids is 2. The normalized spacial score (nSPS) is 10.3. The summed E-state index contributed by atoms with van der Waals surface area (Å²) in [5.74, 6) is 0.718. The molecule has 0 aliphatic carbocycles. The monoisotopic (exact) mass is 448 g/mol. The zero-order chi connectivity index (χ0) is 20.7. The van der Waals surface area contributed by atoms with Crippen molar-refractivity contribution in [1.82, 2.24) is 4.90 Å². The molecule has 2 amide bonds. The van der Waals surface area contributed by atoms with Crippen LogP contribution in [0.5, 0.6) is 11.5 Å². The molecule has 0 radical (unpaired) electrons. The van der Waals surface area contributed by atoms with Gasteiger partial charge in [0.1, 0.15) is 0 Å². The van der Waals surface area contributed by atoms with E-state index in [1.165, 1.54) is 7.11 Å². The van der Waals surface area contributed by atoms with Crippen LogP contribution in [-0.4, -0.2) is 43.5 Å². The zero-order valence-electron chi connectivity index (χ0n) is 16.5. The molecule has 0 spiro atoms. The van der Waals surface area contributed by atoms with E-state index in [9.17, 15) is 9.59 Å². The van der Waals surface area contributed by atoms with Crippen molar-refractivity contribution in [2.45, 2.75) is 20.8 Å². The Morgan fingerprint density at radius 1 is 1.04 bits per heavy atom. The molecule has 2 aromatic rings. The molecule has 2 aromatic carbocycles. The smallest absolute Gasteiger partial charge is 0.255 e. The van der Waals surface area contributed by atoms with Gasteiger partial charge in [-0.1, -0.05) is 0 Å². The standard InChI is InChI=1S/C21H25BrN2O4/c1-5-24(6-2)21(26)14-8-10-16(11-9-14)23-20(25)15-12-17(22)19(28-7-3)18(13-15)27-4/h8-13H,5-7H2,1-4H3,(H,23,25). The second kappa shape index (κ2) is 10.1. The SMILES string of the molecule is CCOc1c(Br)cc(C(=O)Nc2ccc(C(=O)N(CC)CC)cc2)cc1OC. The largest absolute Gasteiger partial charge is 0.493 e. The van der Waals surface area contributed by atoms with Gasteiger partial charge in [-0.05, 0) is 73.1 Å². The van der Waals surface area contributed by atoms with Gasteiger partial charge in [0, 0.05) is 29.9 Å². The van der Waals surface area contributed by atoms with E-state index >= 15 is 0 Å². The molecule has 7 heteroatoms. The molecule has 0 aliphatic heterocycles. The van der Waals surface area contributed by atoms with Crippen LogP contribution < -0.4 is 14.8 Å². The molecule has 6 nitrogen and oxygen atoms in total. The molecule has 0 aliphatic rings. The number of hydrogen-bond donors (Lipinski definition) is 1. The molecule has 0 atom stereocenters. The maximum atomic E-state index is 12.6. The van der Waals surface area contributed by atoms with E-state index < -0.39 is 0 Å². The molecule has 1 N–H and O–H groups in total. The second-order valence-electron chi connectivity index (χ2n) is 5.93. The molecule has 28 heavy (non-hydrogen) atoms. The number of benzene rings is 2. The first-order chi connectivity index (χ1) is 13.4. The Kier molecular flexibility index (Phi) is 7.87. The van der Waals surface area contributed by atoms with Crippen LogP contribution in [0, 0.1) is 0 Å². The Morgan fingerprint density at radius 3 is 2.21 bits per heavy atom. The van der Waals surface area contributed by atoms with Gasteiger partial charge >= 0.3 is 0 Å².